The van der Waals surface area contributed by atoms with Crippen molar-refractivity contribution in [2.24, 2.45) is 0 Å². The molecule has 2 amide bonds. The predicted molar refractivity (Wildman–Crippen MR) is 104 cm³/mol. The van der Waals surface area contributed by atoms with Crippen LogP contribution in [0.2, 0.25) is 0 Å². The zero-order chi connectivity index (χ0) is 20.4. The number of hydrogen-bond acceptors (Lipinski definition) is 6. The highest BCUT2D eigenvalue weighted by Gasteiger charge is 2.30. The lowest BCUT2D eigenvalue weighted by Crippen LogP contribution is -2.28. The molecular weight excluding hydrogens is 394 g/mol. The molecule has 0 bridgehead atoms. The van der Waals surface area contributed by atoms with Crippen molar-refractivity contribution >= 4 is 27.5 Å². The van der Waals surface area contributed by atoms with Gasteiger partial charge in [0.15, 0.2) is 0 Å². The van der Waals surface area contributed by atoms with Crippen molar-refractivity contribution < 1.29 is 22.4 Å². The van der Waals surface area contributed by atoms with Gasteiger partial charge in [-0.1, -0.05) is 0 Å². The van der Waals surface area contributed by atoms with Gasteiger partial charge in [-0.3, -0.25) is 19.5 Å². The summed E-state index contributed by atoms with van der Waals surface area (Å²) < 4.78 is 33.0. The molecule has 1 N–H and O–H groups in total. The summed E-state index contributed by atoms with van der Waals surface area (Å²) in [6.45, 7) is 0.0503. The molecule has 8 nitrogen and oxygen atoms in total. The standard InChI is InChI=1S/C20H17N3O5S/c24-19-7-8-20(25)23(19)16-3-5-17(6-4-16)29(26,27)22-12-14-10-15(13-21-11-14)18-2-1-9-28-18/h1-6,9-11,13,22H,7-8,12H2. The van der Waals surface area contributed by atoms with Gasteiger partial charge in [-0.05, 0) is 48.0 Å². The van der Waals surface area contributed by atoms with Gasteiger partial charge in [0.05, 0.1) is 16.8 Å². The number of furan rings is 1. The van der Waals surface area contributed by atoms with E-state index in [0.717, 1.165) is 10.5 Å². The summed E-state index contributed by atoms with van der Waals surface area (Å²) in [5.74, 6) is 0.0733. The van der Waals surface area contributed by atoms with Crippen LogP contribution in [0.15, 0.2) is 70.4 Å². The van der Waals surface area contributed by atoms with Gasteiger partial charge < -0.3 is 4.42 Å². The Bertz CT molecular complexity index is 1140. The Morgan fingerprint density at radius 3 is 2.41 bits per heavy atom. The molecule has 1 aliphatic heterocycles. The molecule has 0 radical (unpaired) electrons. The van der Waals surface area contributed by atoms with Crippen LogP contribution in [-0.4, -0.2) is 25.2 Å². The van der Waals surface area contributed by atoms with Crippen molar-refractivity contribution in [3.8, 4) is 11.3 Å². The second kappa shape index (κ2) is 7.61. The molecule has 29 heavy (non-hydrogen) atoms. The van der Waals surface area contributed by atoms with E-state index in [1.807, 2.05) is 0 Å². The number of carbonyl (C=O) groups excluding carboxylic acids is 2. The van der Waals surface area contributed by atoms with E-state index in [1.54, 1.807) is 36.9 Å². The number of nitrogens with zero attached hydrogens (tertiary/aromatic N) is 2. The highest BCUT2D eigenvalue weighted by atomic mass is 32.2. The Labute approximate surface area is 167 Å². The molecule has 0 spiro atoms. The molecule has 9 heteroatoms. The van der Waals surface area contributed by atoms with E-state index < -0.39 is 10.0 Å². The third kappa shape index (κ3) is 3.96. The summed E-state index contributed by atoms with van der Waals surface area (Å²) in [7, 11) is -3.78. The molecule has 4 rings (SSSR count). The van der Waals surface area contributed by atoms with E-state index in [2.05, 4.69) is 9.71 Å². The number of rotatable bonds is 6. The zero-order valence-corrected chi connectivity index (χ0v) is 16.1. The van der Waals surface area contributed by atoms with Gasteiger partial charge >= 0.3 is 0 Å². The number of hydrogen-bond donors (Lipinski definition) is 1. The molecule has 3 heterocycles. The number of amides is 2. The zero-order valence-electron chi connectivity index (χ0n) is 15.2. The van der Waals surface area contributed by atoms with Crippen LogP contribution >= 0.6 is 0 Å². The molecule has 1 saturated heterocycles. The smallest absolute Gasteiger partial charge is 0.240 e. The van der Waals surface area contributed by atoms with Crippen molar-refractivity contribution in [2.75, 3.05) is 4.90 Å². The quantitative estimate of drug-likeness (QED) is 0.624. The maximum Gasteiger partial charge on any atom is 0.240 e. The minimum Gasteiger partial charge on any atom is -0.464 e. The Balaban J connectivity index is 1.47. The van der Waals surface area contributed by atoms with Gasteiger partial charge in [-0.25, -0.2) is 13.1 Å². The number of imide groups is 1. The van der Waals surface area contributed by atoms with Crippen molar-refractivity contribution in [3.05, 3.63) is 66.7 Å². The van der Waals surface area contributed by atoms with E-state index in [9.17, 15) is 18.0 Å². The summed E-state index contributed by atoms with van der Waals surface area (Å²) in [6, 6.07) is 11.0. The Morgan fingerprint density at radius 1 is 1.03 bits per heavy atom. The van der Waals surface area contributed by atoms with Crippen LogP contribution in [0.3, 0.4) is 0 Å². The van der Waals surface area contributed by atoms with Crippen LogP contribution in [0.25, 0.3) is 11.3 Å². The van der Waals surface area contributed by atoms with Gasteiger partial charge in [-0.2, -0.15) is 0 Å². The minimum absolute atomic E-state index is 0.0375. The molecule has 1 fully saturated rings. The van der Waals surface area contributed by atoms with E-state index in [4.69, 9.17) is 4.42 Å². The minimum atomic E-state index is -3.78. The molecule has 0 atom stereocenters. The highest BCUT2D eigenvalue weighted by Crippen LogP contribution is 2.24. The molecular formula is C20H17N3O5S. The van der Waals surface area contributed by atoms with Crippen LogP contribution in [0.1, 0.15) is 18.4 Å². The number of anilines is 1. The summed E-state index contributed by atoms with van der Waals surface area (Å²) in [6.07, 6.45) is 5.11. The third-order valence-corrected chi connectivity index (χ3v) is 5.94. The number of benzene rings is 1. The number of pyridine rings is 1. The lowest BCUT2D eigenvalue weighted by Gasteiger charge is -2.14. The molecule has 0 unspecified atom stereocenters. The van der Waals surface area contributed by atoms with E-state index in [-0.39, 0.29) is 36.1 Å². The number of aromatic nitrogens is 1. The number of carbonyl (C=O) groups is 2. The van der Waals surface area contributed by atoms with Crippen molar-refractivity contribution in [3.63, 3.8) is 0 Å². The summed E-state index contributed by atoms with van der Waals surface area (Å²) in [5, 5.41) is 0. The first-order chi connectivity index (χ1) is 13.9. The van der Waals surface area contributed by atoms with E-state index in [0.29, 0.717) is 17.0 Å². The van der Waals surface area contributed by atoms with Crippen LogP contribution in [0, 0.1) is 0 Å². The first-order valence-electron chi connectivity index (χ1n) is 8.87. The van der Waals surface area contributed by atoms with Crippen LogP contribution in [0.5, 0.6) is 0 Å². The maximum atomic E-state index is 12.6. The second-order valence-corrected chi connectivity index (χ2v) is 8.27. The lowest BCUT2D eigenvalue weighted by atomic mass is 10.2. The van der Waals surface area contributed by atoms with Gasteiger partial charge in [-0.15, -0.1) is 0 Å². The summed E-state index contributed by atoms with van der Waals surface area (Å²) in [4.78, 5) is 28.8. The number of nitrogens with one attached hydrogen (secondary N) is 1. The van der Waals surface area contributed by atoms with E-state index in [1.165, 1.54) is 24.3 Å². The molecule has 3 aromatic rings. The van der Waals surface area contributed by atoms with Gasteiger partial charge in [0, 0.05) is 37.3 Å². The fourth-order valence-corrected chi connectivity index (χ4v) is 4.08. The first-order valence-corrected chi connectivity index (χ1v) is 10.4. The average molecular weight is 411 g/mol. The Morgan fingerprint density at radius 2 is 1.76 bits per heavy atom. The van der Waals surface area contributed by atoms with Gasteiger partial charge in [0.25, 0.3) is 0 Å². The third-order valence-electron chi connectivity index (χ3n) is 4.52. The number of sulfonamides is 1. The molecule has 148 valence electrons. The fraction of sp³-hybridized carbons (Fsp3) is 0.150. The normalized spacial score (nSPS) is 14.6. The molecule has 1 aromatic carbocycles. The monoisotopic (exact) mass is 411 g/mol. The van der Waals surface area contributed by atoms with Gasteiger partial charge in [0.2, 0.25) is 21.8 Å². The largest absolute Gasteiger partial charge is 0.464 e. The Hall–Kier alpha value is -3.30. The summed E-state index contributed by atoms with van der Waals surface area (Å²) >= 11 is 0. The van der Waals surface area contributed by atoms with E-state index >= 15 is 0 Å². The van der Waals surface area contributed by atoms with Crippen LogP contribution in [-0.2, 0) is 26.2 Å². The molecule has 1 aliphatic rings. The van der Waals surface area contributed by atoms with Crippen molar-refractivity contribution in [2.45, 2.75) is 24.3 Å². The van der Waals surface area contributed by atoms with Crippen molar-refractivity contribution in [1.29, 1.82) is 0 Å². The predicted octanol–water partition coefficient (Wildman–Crippen LogP) is 2.47. The van der Waals surface area contributed by atoms with Gasteiger partial charge in [0.1, 0.15) is 5.76 Å². The van der Waals surface area contributed by atoms with Crippen LogP contribution < -0.4 is 9.62 Å². The molecule has 0 aliphatic carbocycles. The lowest BCUT2D eigenvalue weighted by molar-refractivity contribution is -0.121. The maximum absolute atomic E-state index is 12.6. The molecule has 0 saturated carbocycles. The van der Waals surface area contributed by atoms with Crippen LogP contribution in [0.4, 0.5) is 5.69 Å². The Kier molecular flexibility index (Phi) is 4.99. The fourth-order valence-electron chi connectivity index (χ4n) is 3.06. The highest BCUT2D eigenvalue weighted by molar-refractivity contribution is 7.89. The first kappa shape index (κ1) is 19.0. The topological polar surface area (TPSA) is 110 Å². The average Bonchev–Trinajstić information content (AvgIpc) is 3.37. The SMILES string of the molecule is O=C1CCC(=O)N1c1ccc(S(=O)(=O)NCc2cncc(-c3ccco3)c2)cc1. The second-order valence-electron chi connectivity index (χ2n) is 6.50. The van der Waals surface area contributed by atoms with Crippen molar-refractivity contribution in [1.82, 2.24) is 9.71 Å². The summed E-state index contributed by atoms with van der Waals surface area (Å²) in [5.41, 5.74) is 1.79. The molecule has 2 aromatic heterocycles.